The van der Waals surface area contributed by atoms with E-state index in [1.807, 2.05) is 27.9 Å². The molecule has 0 aromatic carbocycles. The van der Waals surface area contributed by atoms with E-state index in [1.54, 1.807) is 21.6 Å². The van der Waals surface area contributed by atoms with Gasteiger partial charge in [-0.15, -0.1) is 0 Å². The summed E-state index contributed by atoms with van der Waals surface area (Å²) in [5.41, 5.74) is 3.46. The summed E-state index contributed by atoms with van der Waals surface area (Å²) in [7, 11) is 3.69. The maximum Gasteiger partial charge on any atom is 0.272 e. The van der Waals surface area contributed by atoms with Gasteiger partial charge in [0.25, 0.3) is 5.91 Å². The lowest BCUT2D eigenvalue weighted by Crippen LogP contribution is -2.23. The molecular formula is C12H17N5O. The molecule has 0 saturated heterocycles. The Morgan fingerprint density at radius 2 is 2.06 bits per heavy atom. The molecule has 0 atom stereocenters. The quantitative estimate of drug-likeness (QED) is 0.868. The lowest BCUT2D eigenvalue weighted by molar-refractivity contribution is 0.0945. The third-order valence-electron chi connectivity index (χ3n) is 3.12. The molecule has 0 bridgehead atoms. The van der Waals surface area contributed by atoms with E-state index in [2.05, 4.69) is 15.5 Å². The first-order chi connectivity index (χ1) is 8.49. The van der Waals surface area contributed by atoms with Crippen LogP contribution in [0.4, 0.5) is 0 Å². The van der Waals surface area contributed by atoms with Gasteiger partial charge in [0.15, 0.2) is 0 Å². The zero-order chi connectivity index (χ0) is 13.3. The number of nitrogens with zero attached hydrogens (tertiary/aromatic N) is 4. The molecule has 0 aliphatic heterocycles. The highest BCUT2D eigenvalue weighted by atomic mass is 16.1. The van der Waals surface area contributed by atoms with E-state index in [9.17, 15) is 4.79 Å². The maximum absolute atomic E-state index is 11.9. The monoisotopic (exact) mass is 247 g/mol. The minimum Gasteiger partial charge on any atom is -0.346 e. The van der Waals surface area contributed by atoms with Crippen LogP contribution in [-0.2, 0) is 20.6 Å². The van der Waals surface area contributed by atoms with Crippen LogP contribution in [0.1, 0.15) is 27.4 Å². The van der Waals surface area contributed by atoms with E-state index in [1.165, 1.54) is 0 Å². The van der Waals surface area contributed by atoms with E-state index < -0.39 is 0 Å². The van der Waals surface area contributed by atoms with Gasteiger partial charge in [-0.25, -0.2) is 0 Å². The number of rotatable bonds is 3. The summed E-state index contributed by atoms with van der Waals surface area (Å²) < 4.78 is 3.47. The molecule has 2 rings (SSSR count). The highest BCUT2D eigenvalue weighted by Gasteiger charge is 2.11. The number of hydrogen-bond acceptors (Lipinski definition) is 3. The largest absolute Gasteiger partial charge is 0.346 e. The van der Waals surface area contributed by atoms with Crippen LogP contribution in [0.5, 0.6) is 0 Å². The molecule has 1 amide bonds. The Morgan fingerprint density at radius 1 is 1.33 bits per heavy atom. The van der Waals surface area contributed by atoms with Crippen LogP contribution in [0.3, 0.4) is 0 Å². The van der Waals surface area contributed by atoms with Gasteiger partial charge in [0.2, 0.25) is 0 Å². The van der Waals surface area contributed by atoms with Gasteiger partial charge >= 0.3 is 0 Å². The van der Waals surface area contributed by atoms with Gasteiger partial charge in [-0.1, -0.05) is 0 Å². The van der Waals surface area contributed by atoms with E-state index >= 15 is 0 Å². The Hall–Kier alpha value is -2.11. The topological polar surface area (TPSA) is 64.7 Å². The van der Waals surface area contributed by atoms with Crippen molar-refractivity contribution < 1.29 is 4.79 Å². The van der Waals surface area contributed by atoms with E-state index in [4.69, 9.17) is 0 Å². The Morgan fingerprint density at radius 3 is 2.56 bits per heavy atom. The molecule has 0 fully saturated rings. The molecule has 0 saturated carbocycles. The third-order valence-corrected chi connectivity index (χ3v) is 3.12. The highest BCUT2D eigenvalue weighted by molar-refractivity contribution is 5.92. The van der Waals surface area contributed by atoms with Crippen molar-refractivity contribution in [3.63, 3.8) is 0 Å². The molecule has 2 aromatic heterocycles. The Balaban J connectivity index is 2.02. The number of aromatic nitrogens is 4. The van der Waals surface area contributed by atoms with Crippen LogP contribution in [0, 0.1) is 13.8 Å². The lowest BCUT2D eigenvalue weighted by atomic mass is 10.2. The van der Waals surface area contributed by atoms with E-state index in [-0.39, 0.29) is 5.91 Å². The molecule has 18 heavy (non-hydrogen) atoms. The normalized spacial score (nSPS) is 10.7. The predicted octanol–water partition coefficient (Wildman–Crippen LogP) is 0.700. The molecule has 2 aromatic rings. The van der Waals surface area contributed by atoms with Crippen LogP contribution in [0.15, 0.2) is 12.3 Å². The van der Waals surface area contributed by atoms with Crippen LogP contribution >= 0.6 is 0 Å². The molecule has 0 unspecified atom stereocenters. The summed E-state index contributed by atoms with van der Waals surface area (Å²) in [5.74, 6) is -0.165. The van der Waals surface area contributed by atoms with Crippen LogP contribution in [0.2, 0.25) is 0 Å². The minimum atomic E-state index is -0.165. The number of aryl methyl sites for hydroxylation is 3. The van der Waals surface area contributed by atoms with Crippen molar-refractivity contribution in [3.05, 3.63) is 34.9 Å². The summed E-state index contributed by atoms with van der Waals surface area (Å²) in [6.07, 6.45) is 1.76. The summed E-state index contributed by atoms with van der Waals surface area (Å²) in [4.78, 5) is 11.9. The molecule has 6 nitrogen and oxygen atoms in total. The molecule has 1 N–H and O–H groups in total. The number of amides is 1. The smallest absolute Gasteiger partial charge is 0.272 e. The lowest BCUT2D eigenvalue weighted by Gasteiger charge is -2.02. The Bertz CT molecular complexity index is 562. The Kier molecular flexibility index (Phi) is 3.18. The van der Waals surface area contributed by atoms with E-state index in [0.717, 1.165) is 17.0 Å². The maximum atomic E-state index is 11.9. The van der Waals surface area contributed by atoms with Gasteiger partial charge in [0, 0.05) is 37.6 Å². The SMILES string of the molecule is Cc1cc(C(=O)NCc2cnn(C)c2C)nn1C. The van der Waals surface area contributed by atoms with Crippen molar-refractivity contribution in [2.24, 2.45) is 14.1 Å². The number of carbonyl (C=O) groups is 1. The van der Waals surface area contributed by atoms with Crippen molar-refractivity contribution in [2.45, 2.75) is 20.4 Å². The molecule has 0 aliphatic rings. The molecule has 6 heteroatoms. The van der Waals surface area contributed by atoms with Crippen LogP contribution in [0.25, 0.3) is 0 Å². The average molecular weight is 247 g/mol. The van der Waals surface area contributed by atoms with Gasteiger partial charge in [0.05, 0.1) is 6.20 Å². The van der Waals surface area contributed by atoms with Crippen molar-refractivity contribution in [3.8, 4) is 0 Å². The predicted molar refractivity (Wildman–Crippen MR) is 67.1 cm³/mol. The van der Waals surface area contributed by atoms with Crippen molar-refractivity contribution in [1.82, 2.24) is 24.9 Å². The van der Waals surface area contributed by atoms with E-state index in [0.29, 0.717) is 12.2 Å². The zero-order valence-electron chi connectivity index (χ0n) is 11.1. The first-order valence-electron chi connectivity index (χ1n) is 5.75. The van der Waals surface area contributed by atoms with Gasteiger partial charge in [0.1, 0.15) is 5.69 Å². The first kappa shape index (κ1) is 12.3. The minimum absolute atomic E-state index is 0.165. The Labute approximate surface area is 106 Å². The number of carbonyl (C=O) groups excluding carboxylic acids is 1. The average Bonchev–Trinajstić information content (AvgIpc) is 2.83. The standard InChI is InChI=1S/C12H17N5O/c1-8-5-11(15-16(8)3)12(18)13-6-10-7-14-17(4)9(10)2/h5,7H,6H2,1-4H3,(H,13,18). The van der Waals surface area contributed by atoms with Crippen LogP contribution in [-0.4, -0.2) is 25.5 Å². The fraction of sp³-hybridized carbons (Fsp3) is 0.417. The second kappa shape index (κ2) is 4.64. The fourth-order valence-electron chi connectivity index (χ4n) is 1.66. The third kappa shape index (κ3) is 2.27. The second-order valence-electron chi connectivity index (χ2n) is 4.36. The van der Waals surface area contributed by atoms with Crippen molar-refractivity contribution in [1.29, 1.82) is 0 Å². The molecule has 96 valence electrons. The summed E-state index contributed by atoms with van der Waals surface area (Å²) in [6.45, 7) is 4.35. The van der Waals surface area contributed by atoms with Crippen molar-refractivity contribution >= 4 is 5.91 Å². The first-order valence-corrected chi connectivity index (χ1v) is 5.75. The van der Waals surface area contributed by atoms with Crippen molar-refractivity contribution in [2.75, 3.05) is 0 Å². The zero-order valence-corrected chi connectivity index (χ0v) is 11.1. The molecule has 0 spiro atoms. The number of nitrogens with one attached hydrogen (secondary N) is 1. The van der Waals surface area contributed by atoms with Gasteiger partial charge in [-0.2, -0.15) is 10.2 Å². The van der Waals surface area contributed by atoms with Gasteiger partial charge < -0.3 is 5.32 Å². The highest BCUT2D eigenvalue weighted by Crippen LogP contribution is 2.06. The summed E-state index contributed by atoms with van der Waals surface area (Å²) >= 11 is 0. The molecule has 0 aliphatic carbocycles. The molecule has 2 heterocycles. The number of hydrogen-bond donors (Lipinski definition) is 1. The summed E-state index contributed by atoms with van der Waals surface area (Å²) in [6, 6.07) is 1.77. The fourth-order valence-corrected chi connectivity index (χ4v) is 1.66. The molecule has 0 radical (unpaired) electrons. The molecular weight excluding hydrogens is 230 g/mol. The second-order valence-corrected chi connectivity index (χ2v) is 4.36. The van der Waals surface area contributed by atoms with Gasteiger partial charge in [-0.3, -0.25) is 14.2 Å². The van der Waals surface area contributed by atoms with Crippen LogP contribution < -0.4 is 5.32 Å². The van der Waals surface area contributed by atoms with Gasteiger partial charge in [-0.05, 0) is 19.9 Å². The summed E-state index contributed by atoms with van der Waals surface area (Å²) in [5, 5.41) is 11.1.